The van der Waals surface area contributed by atoms with E-state index >= 15 is 0 Å². The van der Waals surface area contributed by atoms with E-state index in [1.807, 2.05) is 30.5 Å². The van der Waals surface area contributed by atoms with E-state index in [0.717, 1.165) is 22.0 Å². The normalized spacial score (nSPS) is 11.2. The SMILES string of the molecule is O=C(N/N=C/c1cn(Cc2ccc(F)cc2)c2ccccc12)c1cccnc1. The second-order valence-electron chi connectivity index (χ2n) is 6.30. The van der Waals surface area contributed by atoms with Crippen LogP contribution in [0.25, 0.3) is 10.9 Å². The minimum absolute atomic E-state index is 0.252. The Morgan fingerprint density at radius 2 is 1.93 bits per heavy atom. The Bertz CT molecular complexity index is 1130. The van der Waals surface area contributed by atoms with Gasteiger partial charge in [0, 0.05) is 41.6 Å². The molecule has 138 valence electrons. The predicted octanol–water partition coefficient (Wildman–Crippen LogP) is 3.99. The first kappa shape index (κ1) is 17.6. The number of aromatic nitrogens is 2. The van der Waals surface area contributed by atoms with E-state index in [2.05, 4.69) is 20.1 Å². The van der Waals surface area contributed by atoms with E-state index in [1.54, 1.807) is 36.7 Å². The molecule has 0 saturated carbocycles. The van der Waals surface area contributed by atoms with Crippen LogP contribution in [0.1, 0.15) is 21.5 Å². The van der Waals surface area contributed by atoms with Crippen molar-refractivity contribution >= 4 is 23.0 Å². The molecule has 0 bridgehead atoms. The number of para-hydroxylation sites is 1. The van der Waals surface area contributed by atoms with Gasteiger partial charge in [0.05, 0.1) is 11.8 Å². The van der Waals surface area contributed by atoms with E-state index in [-0.39, 0.29) is 11.7 Å². The van der Waals surface area contributed by atoms with Crippen molar-refractivity contribution < 1.29 is 9.18 Å². The summed E-state index contributed by atoms with van der Waals surface area (Å²) in [6.45, 7) is 0.608. The van der Waals surface area contributed by atoms with Gasteiger partial charge in [0.1, 0.15) is 5.82 Å². The smallest absolute Gasteiger partial charge is 0.272 e. The van der Waals surface area contributed by atoms with Gasteiger partial charge in [-0.15, -0.1) is 0 Å². The Labute approximate surface area is 161 Å². The zero-order chi connectivity index (χ0) is 19.3. The number of carbonyl (C=O) groups is 1. The maximum absolute atomic E-state index is 13.1. The zero-order valence-corrected chi connectivity index (χ0v) is 14.9. The van der Waals surface area contributed by atoms with Gasteiger partial charge in [0.2, 0.25) is 0 Å². The van der Waals surface area contributed by atoms with Crippen molar-refractivity contribution in [3.8, 4) is 0 Å². The highest BCUT2D eigenvalue weighted by Crippen LogP contribution is 2.21. The van der Waals surface area contributed by atoms with E-state index in [4.69, 9.17) is 0 Å². The molecule has 1 amide bonds. The molecular formula is C22H17FN4O. The summed E-state index contributed by atoms with van der Waals surface area (Å²) >= 11 is 0. The molecule has 5 nitrogen and oxygen atoms in total. The molecule has 2 heterocycles. The van der Waals surface area contributed by atoms with Crippen LogP contribution in [0.3, 0.4) is 0 Å². The van der Waals surface area contributed by atoms with Crippen LogP contribution in [0.2, 0.25) is 0 Å². The van der Waals surface area contributed by atoms with Crippen molar-refractivity contribution in [2.45, 2.75) is 6.54 Å². The van der Waals surface area contributed by atoms with Gasteiger partial charge in [-0.2, -0.15) is 5.10 Å². The topological polar surface area (TPSA) is 59.3 Å². The average molecular weight is 372 g/mol. The molecule has 0 saturated heterocycles. The van der Waals surface area contributed by atoms with Crippen LogP contribution >= 0.6 is 0 Å². The fourth-order valence-electron chi connectivity index (χ4n) is 3.02. The summed E-state index contributed by atoms with van der Waals surface area (Å²) in [7, 11) is 0. The Morgan fingerprint density at radius 3 is 2.71 bits per heavy atom. The summed E-state index contributed by atoms with van der Waals surface area (Å²) < 4.78 is 15.2. The number of carbonyl (C=O) groups excluding carboxylic acids is 1. The summed E-state index contributed by atoms with van der Waals surface area (Å²) in [5, 5.41) is 5.10. The van der Waals surface area contributed by atoms with Crippen LogP contribution in [0.5, 0.6) is 0 Å². The van der Waals surface area contributed by atoms with E-state index < -0.39 is 0 Å². The summed E-state index contributed by atoms with van der Waals surface area (Å²) in [5.74, 6) is -0.572. The van der Waals surface area contributed by atoms with Crippen LogP contribution in [-0.2, 0) is 6.54 Å². The summed E-state index contributed by atoms with van der Waals surface area (Å²) in [6, 6.07) is 17.8. The van der Waals surface area contributed by atoms with Crippen LogP contribution in [0.15, 0.2) is 84.4 Å². The molecule has 0 radical (unpaired) electrons. The fraction of sp³-hybridized carbons (Fsp3) is 0.0455. The highest BCUT2D eigenvalue weighted by molar-refractivity contribution is 6.00. The second kappa shape index (κ2) is 7.84. The average Bonchev–Trinajstić information content (AvgIpc) is 3.08. The Hall–Kier alpha value is -3.80. The fourth-order valence-corrected chi connectivity index (χ4v) is 3.02. The molecule has 0 aliphatic rings. The Morgan fingerprint density at radius 1 is 1.11 bits per heavy atom. The first-order valence-electron chi connectivity index (χ1n) is 8.76. The molecule has 0 atom stereocenters. The molecule has 2 aromatic carbocycles. The number of nitrogens with zero attached hydrogens (tertiary/aromatic N) is 3. The van der Waals surface area contributed by atoms with Gasteiger partial charge in [-0.1, -0.05) is 30.3 Å². The largest absolute Gasteiger partial charge is 0.342 e. The standard InChI is InChI=1S/C22H17FN4O/c23-19-9-7-16(8-10-19)14-27-15-18(20-5-1-2-6-21(20)27)13-25-26-22(28)17-4-3-11-24-12-17/h1-13,15H,14H2,(H,26,28)/b25-13+. The number of rotatable bonds is 5. The van der Waals surface area contributed by atoms with Crippen LogP contribution in [0.4, 0.5) is 4.39 Å². The molecule has 0 spiro atoms. The lowest BCUT2D eigenvalue weighted by Gasteiger charge is -2.05. The quantitative estimate of drug-likeness (QED) is 0.425. The molecule has 0 unspecified atom stereocenters. The molecule has 2 aromatic heterocycles. The van der Waals surface area contributed by atoms with E-state index in [9.17, 15) is 9.18 Å². The van der Waals surface area contributed by atoms with Crippen molar-refractivity contribution in [3.63, 3.8) is 0 Å². The number of hydrogen-bond donors (Lipinski definition) is 1. The monoisotopic (exact) mass is 372 g/mol. The molecule has 6 heteroatoms. The third kappa shape index (κ3) is 3.81. The van der Waals surface area contributed by atoms with E-state index in [0.29, 0.717) is 12.1 Å². The number of halogens is 1. The van der Waals surface area contributed by atoms with Gasteiger partial charge in [-0.3, -0.25) is 9.78 Å². The van der Waals surface area contributed by atoms with Crippen LogP contribution in [0, 0.1) is 5.82 Å². The molecule has 28 heavy (non-hydrogen) atoms. The number of nitrogens with one attached hydrogen (secondary N) is 1. The number of amides is 1. The first-order valence-corrected chi connectivity index (χ1v) is 8.76. The Balaban J connectivity index is 1.57. The lowest BCUT2D eigenvalue weighted by Crippen LogP contribution is -2.17. The minimum Gasteiger partial charge on any atom is -0.342 e. The highest BCUT2D eigenvalue weighted by Gasteiger charge is 2.08. The van der Waals surface area contributed by atoms with Gasteiger partial charge in [-0.25, -0.2) is 9.82 Å². The maximum atomic E-state index is 13.1. The van der Waals surface area contributed by atoms with Gasteiger partial charge < -0.3 is 4.57 Å². The zero-order valence-electron chi connectivity index (χ0n) is 14.9. The third-order valence-electron chi connectivity index (χ3n) is 4.38. The minimum atomic E-state index is -0.320. The first-order chi connectivity index (χ1) is 13.7. The van der Waals surface area contributed by atoms with Crippen molar-refractivity contribution in [1.82, 2.24) is 15.0 Å². The lowest BCUT2D eigenvalue weighted by atomic mass is 10.2. The maximum Gasteiger partial charge on any atom is 0.272 e. The number of fused-ring (bicyclic) bond motifs is 1. The van der Waals surface area contributed by atoms with E-state index in [1.165, 1.54) is 18.3 Å². The van der Waals surface area contributed by atoms with Crippen LogP contribution in [-0.4, -0.2) is 21.7 Å². The summed E-state index contributed by atoms with van der Waals surface area (Å²) in [6.07, 6.45) is 6.68. The molecule has 0 aliphatic heterocycles. The molecule has 4 aromatic rings. The Kier molecular flexibility index (Phi) is 4.93. The van der Waals surface area contributed by atoms with Crippen molar-refractivity contribution in [1.29, 1.82) is 0 Å². The molecular weight excluding hydrogens is 355 g/mol. The van der Waals surface area contributed by atoms with Crippen molar-refractivity contribution in [2.75, 3.05) is 0 Å². The molecule has 0 fully saturated rings. The number of hydrogen-bond acceptors (Lipinski definition) is 3. The number of pyridine rings is 1. The van der Waals surface area contributed by atoms with Gasteiger partial charge in [0.15, 0.2) is 0 Å². The summed E-state index contributed by atoms with van der Waals surface area (Å²) in [5.41, 5.74) is 5.87. The third-order valence-corrected chi connectivity index (χ3v) is 4.38. The number of hydrazone groups is 1. The van der Waals surface area contributed by atoms with Crippen molar-refractivity contribution in [2.24, 2.45) is 5.10 Å². The molecule has 1 N–H and O–H groups in total. The number of benzene rings is 2. The van der Waals surface area contributed by atoms with Gasteiger partial charge >= 0.3 is 0 Å². The van der Waals surface area contributed by atoms with Gasteiger partial charge in [0.25, 0.3) is 5.91 Å². The highest BCUT2D eigenvalue weighted by atomic mass is 19.1. The summed E-state index contributed by atoms with van der Waals surface area (Å²) in [4.78, 5) is 16.0. The van der Waals surface area contributed by atoms with Gasteiger partial charge in [-0.05, 0) is 35.9 Å². The second-order valence-corrected chi connectivity index (χ2v) is 6.30. The van der Waals surface area contributed by atoms with Crippen molar-refractivity contribution in [3.05, 3.63) is 102 Å². The molecule has 4 rings (SSSR count). The lowest BCUT2D eigenvalue weighted by molar-refractivity contribution is 0.0955. The molecule has 0 aliphatic carbocycles. The van der Waals surface area contributed by atoms with Crippen LogP contribution < -0.4 is 5.43 Å². The predicted molar refractivity (Wildman–Crippen MR) is 107 cm³/mol.